The first-order chi connectivity index (χ1) is 21.4. The molecular formula is C35H24O10. The topological polar surface area (TPSA) is 171 Å². The molecule has 7 rings (SSSR count). The number of rotatable bonds is 3. The van der Waals surface area contributed by atoms with Crippen molar-refractivity contribution in [2.24, 2.45) is 0 Å². The Hall–Kier alpha value is -6.16. The van der Waals surface area contributed by atoms with Crippen molar-refractivity contribution in [3.05, 3.63) is 98.8 Å². The van der Waals surface area contributed by atoms with Crippen molar-refractivity contribution in [2.45, 2.75) is 19.4 Å². The molecule has 0 bridgehead atoms. The molecule has 4 aromatic carbocycles. The molecule has 45 heavy (non-hydrogen) atoms. The quantitative estimate of drug-likeness (QED) is 0.148. The van der Waals surface area contributed by atoms with Crippen LogP contribution in [0.4, 0.5) is 0 Å². The summed E-state index contributed by atoms with van der Waals surface area (Å²) in [5, 5.41) is 51.8. The molecule has 224 valence electrons. The van der Waals surface area contributed by atoms with Crippen LogP contribution >= 0.6 is 0 Å². The van der Waals surface area contributed by atoms with Crippen molar-refractivity contribution in [1.29, 1.82) is 0 Å². The normalized spacial score (nSPS) is 13.6. The SMILES string of the molecule is CC1(C)C=Cc2cc(-c3cc(=O)c4c(O)cc(O)cc4o3)cc(-c3c(O)cc(O)c4c(=O)cc(-c5ccc(O)cc5)oc34)c2O1. The highest BCUT2D eigenvalue weighted by molar-refractivity contribution is 6.02. The van der Waals surface area contributed by atoms with Crippen LogP contribution in [0.5, 0.6) is 34.5 Å². The van der Waals surface area contributed by atoms with E-state index in [0.29, 0.717) is 22.4 Å². The monoisotopic (exact) mass is 604 g/mol. The molecule has 10 heteroatoms. The van der Waals surface area contributed by atoms with Gasteiger partial charge < -0.3 is 39.1 Å². The van der Waals surface area contributed by atoms with Crippen LogP contribution in [0.2, 0.25) is 0 Å². The third-order valence-corrected chi connectivity index (χ3v) is 7.61. The molecule has 0 radical (unpaired) electrons. The van der Waals surface area contributed by atoms with Crippen LogP contribution in [0.15, 0.2) is 91.2 Å². The van der Waals surface area contributed by atoms with Gasteiger partial charge in [0.25, 0.3) is 0 Å². The minimum atomic E-state index is -0.770. The number of hydrogen-bond acceptors (Lipinski definition) is 10. The van der Waals surface area contributed by atoms with Gasteiger partial charge in [-0.15, -0.1) is 0 Å². The number of hydrogen-bond donors (Lipinski definition) is 5. The van der Waals surface area contributed by atoms with Gasteiger partial charge in [-0.1, -0.05) is 6.08 Å². The summed E-state index contributed by atoms with van der Waals surface area (Å²) in [5.41, 5.74) is -0.439. The predicted octanol–water partition coefficient (Wildman–Crippen LogP) is 6.61. The first-order valence-electron chi connectivity index (χ1n) is 13.8. The molecule has 0 unspecified atom stereocenters. The number of aromatic hydroxyl groups is 5. The first-order valence-corrected chi connectivity index (χ1v) is 13.8. The van der Waals surface area contributed by atoms with Gasteiger partial charge in [0.15, 0.2) is 16.4 Å². The zero-order valence-corrected chi connectivity index (χ0v) is 23.8. The van der Waals surface area contributed by atoms with E-state index in [1.807, 2.05) is 19.9 Å². The maximum atomic E-state index is 13.4. The van der Waals surface area contributed by atoms with Gasteiger partial charge in [-0.2, -0.15) is 0 Å². The van der Waals surface area contributed by atoms with Crippen LogP contribution in [0, 0.1) is 0 Å². The molecule has 5 N–H and O–H groups in total. The summed E-state index contributed by atoms with van der Waals surface area (Å²) >= 11 is 0. The molecule has 0 aliphatic carbocycles. The molecule has 0 amide bonds. The van der Waals surface area contributed by atoms with Crippen LogP contribution in [0.3, 0.4) is 0 Å². The van der Waals surface area contributed by atoms with E-state index in [-0.39, 0.29) is 56.1 Å². The average Bonchev–Trinajstić information content (AvgIpc) is 2.96. The second-order valence-corrected chi connectivity index (χ2v) is 11.3. The van der Waals surface area contributed by atoms with Gasteiger partial charge in [-0.3, -0.25) is 9.59 Å². The highest BCUT2D eigenvalue weighted by Gasteiger charge is 2.29. The van der Waals surface area contributed by atoms with Gasteiger partial charge >= 0.3 is 0 Å². The average molecular weight is 605 g/mol. The van der Waals surface area contributed by atoms with Gasteiger partial charge in [-0.25, -0.2) is 0 Å². The fourth-order valence-corrected chi connectivity index (χ4v) is 5.53. The second kappa shape index (κ2) is 9.68. The van der Waals surface area contributed by atoms with Crippen LogP contribution < -0.4 is 15.6 Å². The Labute approximate surface area is 253 Å². The van der Waals surface area contributed by atoms with E-state index in [0.717, 1.165) is 12.1 Å². The molecular weight excluding hydrogens is 580 g/mol. The second-order valence-electron chi connectivity index (χ2n) is 11.3. The lowest BCUT2D eigenvalue weighted by Gasteiger charge is -2.30. The lowest BCUT2D eigenvalue weighted by Crippen LogP contribution is -2.27. The van der Waals surface area contributed by atoms with E-state index in [9.17, 15) is 35.1 Å². The van der Waals surface area contributed by atoms with Gasteiger partial charge in [0.05, 0.1) is 5.56 Å². The Morgan fingerprint density at radius 1 is 0.644 bits per heavy atom. The van der Waals surface area contributed by atoms with Crippen molar-refractivity contribution >= 4 is 28.0 Å². The van der Waals surface area contributed by atoms with Crippen molar-refractivity contribution in [2.75, 3.05) is 0 Å². The summed E-state index contributed by atoms with van der Waals surface area (Å²) in [7, 11) is 0. The molecule has 2 aromatic heterocycles. The van der Waals surface area contributed by atoms with E-state index in [1.165, 1.54) is 30.3 Å². The molecule has 6 aromatic rings. The summed E-state index contributed by atoms with van der Waals surface area (Å²) < 4.78 is 18.5. The Balaban J connectivity index is 1.56. The summed E-state index contributed by atoms with van der Waals surface area (Å²) in [5.74, 6) is -1.12. The Morgan fingerprint density at radius 2 is 1.31 bits per heavy atom. The van der Waals surface area contributed by atoms with Gasteiger partial charge in [0.1, 0.15) is 68.0 Å². The Bertz CT molecular complexity index is 2360. The van der Waals surface area contributed by atoms with Crippen LogP contribution in [-0.4, -0.2) is 31.1 Å². The number of phenolic OH excluding ortho intramolecular Hbond substituents is 5. The van der Waals surface area contributed by atoms with Gasteiger partial charge in [0.2, 0.25) is 0 Å². The Morgan fingerprint density at radius 3 is 2.04 bits per heavy atom. The van der Waals surface area contributed by atoms with Crippen molar-refractivity contribution in [3.63, 3.8) is 0 Å². The number of benzene rings is 4. The number of phenols is 5. The molecule has 10 nitrogen and oxygen atoms in total. The third kappa shape index (κ3) is 4.60. The van der Waals surface area contributed by atoms with E-state index in [4.69, 9.17) is 13.6 Å². The van der Waals surface area contributed by atoms with Crippen molar-refractivity contribution in [3.8, 4) is 68.3 Å². The standard InChI is InChI=1S/C35H24O10/c1-35(2)8-7-17-9-18(28-14-25(41)31-22(38)11-20(37)12-29(31)43-28)10-21(33(17)45-35)30-23(39)13-24(40)32-26(42)15-27(44-34(30)32)16-3-5-19(36)6-4-16/h3-15,36-40H,1-2H3. The largest absolute Gasteiger partial charge is 0.508 e. The fraction of sp³-hybridized carbons (Fsp3) is 0.0857. The highest BCUT2D eigenvalue weighted by atomic mass is 16.5. The summed E-state index contributed by atoms with van der Waals surface area (Å²) in [4.78, 5) is 26.4. The van der Waals surface area contributed by atoms with Crippen LogP contribution in [-0.2, 0) is 0 Å². The van der Waals surface area contributed by atoms with E-state index in [2.05, 4.69) is 0 Å². The molecule has 3 heterocycles. The maximum absolute atomic E-state index is 13.4. The van der Waals surface area contributed by atoms with Crippen LogP contribution in [0.25, 0.3) is 61.8 Å². The number of ether oxygens (including phenoxy) is 1. The minimum absolute atomic E-state index is 0.0138. The molecule has 0 saturated heterocycles. The van der Waals surface area contributed by atoms with Gasteiger partial charge in [0, 0.05) is 52.6 Å². The van der Waals surface area contributed by atoms with E-state index < -0.39 is 33.7 Å². The third-order valence-electron chi connectivity index (χ3n) is 7.61. The van der Waals surface area contributed by atoms with Gasteiger partial charge in [-0.05, 0) is 56.3 Å². The predicted molar refractivity (Wildman–Crippen MR) is 167 cm³/mol. The molecule has 1 aliphatic rings. The first kappa shape index (κ1) is 27.7. The lowest BCUT2D eigenvalue weighted by atomic mass is 9.91. The molecule has 0 fully saturated rings. The summed E-state index contributed by atoms with van der Waals surface area (Å²) in [6, 6.07) is 14.9. The lowest BCUT2D eigenvalue weighted by molar-refractivity contribution is 0.160. The summed E-state index contributed by atoms with van der Waals surface area (Å²) in [6.07, 6.45) is 3.63. The Kier molecular flexibility index (Phi) is 5.95. The maximum Gasteiger partial charge on any atom is 0.197 e. The molecule has 0 atom stereocenters. The minimum Gasteiger partial charge on any atom is -0.508 e. The molecule has 0 saturated carbocycles. The zero-order valence-electron chi connectivity index (χ0n) is 23.8. The number of fused-ring (bicyclic) bond motifs is 3. The van der Waals surface area contributed by atoms with Crippen molar-refractivity contribution in [1.82, 2.24) is 0 Å². The fourth-order valence-electron chi connectivity index (χ4n) is 5.53. The van der Waals surface area contributed by atoms with E-state index in [1.54, 1.807) is 30.3 Å². The molecule has 0 spiro atoms. The summed E-state index contributed by atoms with van der Waals surface area (Å²) in [6.45, 7) is 3.67. The van der Waals surface area contributed by atoms with Crippen LogP contribution in [0.1, 0.15) is 19.4 Å². The van der Waals surface area contributed by atoms with Crippen molar-refractivity contribution < 1.29 is 39.1 Å². The molecule has 1 aliphatic heterocycles. The highest BCUT2D eigenvalue weighted by Crippen LogP contribution is 2.49. The smallest absolute Gasteiger partial charge is 0.197 e. The zero-order chi connectivity index (χ0) is 31.8. The van der Waals surface area contributed by atoms with E-state index >= 15 is 0 Å².